The van der Waals surface area contributed by atoms with Crippen LogP contribution in [0.15, 0.2) is 29.6 Å². The Morgan fingerprint density at radius 2 is 2.15 bits per heavy atom. The molecule has 7 heteroatoms. The van der Waals surface area contributed by atoms with Gasteiger partial charge in [0.05, 0.1) is 5.56 Å². The lowest BCUT2D eigenvalue weighted by atomic mass is 10.0. The van der Waals surface area contributed by atoms with Crippen LogP contribution in [0.2, 0.25) is 0 Å². The van der Waals surface area contributed by atoms with Crippen molar-refractivity contribution in [2.45, 2.75) is 25.3 Å². The number of nitrogens with zero attached hydrogens (tertiary/aromatic N) is 2. The fourth-order valence-electron chi connectivity index (χ4n) is 3.67. The van der Waals surface area contributed by atoms with Gasteiger partial charge in [-0.05, 0) is 48.5 Å². The van der Waals surface area contributed by atoms with E-state index in [0.29, 0.717) is 42.8 Å². The number of hydrogen-bond acceptors (Lipinski definition) is 6. The molecule has 1 atom stereocenters. The van der Waals surface area contributed by atoms with E-state index in [9.17, 15) is 4.79 Å². The third-order valence-electron chi connectivity index (χ3n) is 4.98. The Labute approximate surface area is 162 Å². The van der Waals surface area contributed by atoms with Crippen molar-refractivity contribution in [3.8, 4) is 17.6 Å². The highest BCUT2D eigenvalue weighted by Crippen LogP contribution is 2.38. The van der Waals surface area contributed by atoms with E-state index in [1.807, 2.05) is 11.4 Å². The summed E-state index contributed by atoms with van der Waals surface area (Å²) in [5.74, 6) is 1.56. The van der Waals surface area contributed by atoms with Crippen molar-refractivity contribution >= 4 is 22.2 Å². The van der Waals surface area contributed by atoms with Crippen molar-refractivity contribution in [1.29, 1.82) is 5.26 Å². The summed E-state index contributed by atoms with van der Waals surface area (Å²) >= 11 is 1.38. The molecule has 6 nitrogen and oxygen atoms in total. The monoisotopic (exact) mass is 383 g/mol. The Bertz CT molecular complexity index is 874. The maximum absolute atomic E-state index is 12.3. The fraction of sp³-hybridized carbons (Fsp3) is 0.400. The number of amides is 1. The molecular weight excluding hydrogens is 362 g/mol. The standard InChI is InChI=1S/C20H21N3O3S/c21-13-15-6-11-27-20(15)22-19(24)5-8-23-7-1-2-16(23)14-3-4-17-18(12-14)26-10-9-25-17/h3-4,6,11-12,16H,1-2,5,7-10H2,(H,22,24)/t16-/m1/s1. The Hall–Kier alpha value is -2.56. The molecule has 1 amide bonds. The predicted molar refractivity (Wildman–Crippen MR) is 103 cm³/mol. The van der Waals surface area contributed by atoms with Gasteiger partial charge in [0.2, 0.25) is 5.91 Å². The predicted octanol–water partition coefficient (Wildman–Crippen LogP) is 3.56. The lowest BCUT2D eigenvalue weighted by molar-refractivity contribution is -0.116. The number of nitrogens with one attached hydrogen (secondary N) is 1. The van der Waals surface area contributed by atoms with Gasteiger partial charge in [0.25, 0.3) is 0 Å². The summed E-state index contributed by atoms with van der Waals surface area (Å²) in [6.07, 6.45) is 2.60. The first-order valence-electron chi connectivity index (χ1n) is 9.15. The van der Waals surface area contributed by atoms with Gasteiger partial charge in [-0.25, -0.2) is 0 Å². The van der Waals surface area contributed by atoms with Crippen LogP contribution >= 0.6 is 11.3 Å². The minimum absolute atomic E-state index is 0.0539. The second-order valence-corrected chi connectivity index (χ2v) is 7.59. The molecule has 1 N–H and O–H groups in total. The maximum Gasteiger partial charge on any atom is 0.226 e. The van der Waals surface area contributed by atoms with Gasteiger partial charge in [-0.3, -0.25) is 9.69 Å². The van der Waals surface area contributed by atoms with Gasteiger partial charge >= 0.3 is 0 Å². The van der Waals surface area contributed by atoms with Crippen LogP contribution in [-0.4, -0.2) is 37.1 Å². The summed E-state index contributed by atoms with van der Waals surface area (Å²) in [7, 11) is 0. The number of carbonyl (C=O) groups excluding carboxylic acids is 1. The van der Waals surface area contributed by atoms with Crippen LogP contribution in [-0.2, 0) is 4.79 Å². The largest absolute Gasteiger partial charge is 0.486 e. The third kappa shape index (κ3) is 3.92. The summed E-state index contributed by atoms with van der Waals surface area (Å²) in [5.41, 5.74) is 1.73. The molecule has 0 bridgehead atoms. The van der Waals surface area contributed by atoms with E-state index < -0.39 is 0 Å². The molecule has 2 aromatic rings. The molecule has 140 valence electrons. The second kappa shape index (κ2) is 7.99. The molecule has 0 unspecified atom stereocenters. The normalized spacial score (nSPS) is 18.9. The lowest BCUT2D eigenvalue weighted by Gasteiger charge is -2.26. The van der Waals surface area contributed by atoms with Crippen molar-refractivity contribution in [2.75, 3.05) is 31.6 Å². The average Bonchev–Trinajstić information content (AvgIpc) is 3.35. The smallest absolute Gasteiger partial charge is 0.226 e. The van der Waals surface area contributed by atoms with E-state index >= 15 is 0 Å². The summed E-state index contributed by atoms with van der Waals surface area (Å²) < 4.78 is 11.3. The molecule has 2 aliphatic heterocycles. The first kappa shape index (κ1) is 17.8. The topological polar surface area (TPSA) is 74.6 Å². The summed E-state index contributed by atoms with van der Waals surface area (Å²) in [5, 5.41) is 14.3. The number of carbonyl (C=O) groups is 1. The summed E-state index contributed by atoms with van der Waals surface area (Å²) in [6.45, 7) is 2.85. The van der Waals surface area contributed by atoms with Crippen LogP contribution in [0.3, 0.4) is 0 Å². The number of fused-ring (bicyclic) bond motifs is 1. The Balaban J connectivity index is 1.37. The second-order valence-electron chi connectivity index (χ2n) is 6.67. The first-order valence-corrected chi connectivity index (χ1v) is 10.0. The molecule has 1 aromatic carbocycles. The number of anilines is 1. The number of rotatable bonds is 5. The SMILES string of the molecule is N#Cc1ccsc1NC(=O)CCN1CCC[C@@H]1c1ccc2c(c1)OCCO2. The minimum Gasteiger partial charge on any atom is -0.486 e. The van der Waals surface area contributed by atoms with Crippen LogP contribution < -0.4 is 14.8 Å². The molecule has 0 saturated carbocycles. The number of hydrogen-bond donors (Lipinski definition) is 1. The summed E-state index contributed by atoms with van der Waals surface area (Å²) in [6, 6.07) is 10.3. The Morgan fingerprint density at radius 1 is 1.30 bits per heavy atom. The minimum atomic E-state index is -0.0539. The molecule has 2 aliphatic rings. The molecule has 0 aliphatic carbocycles. The molecule has 1 fully saturated rings. The van der Waals surface area contributed by atoms with Crippen LogP contribution in [0, 0.1) is 11.3 Å². The molecule has 0 radical (unpaired) electrons. The van der Waals surface area contributed by atoms with Crippen molar-refractivity contribution in [3.63, 3.8) is 0 Å². The van der Waals surface area contributed by atoms with E-state index in [4.69, 9.17) is 14.7 Å². The van der Waals surface area contributed by atoms with E-state index in [1.54, 1.807) is 6.07 Å². The molecule has 3 heterocycles. The molecule has 4 rings (SSSR count). The number of thiophene rings is 1. The molecule has 1 aromatic heterocycles. The van der Waals surface area contributed by atoms with Crippen LogP contribution in [0.4, 0.5) is 5.00 Å². The molecular formula is C20H21N3O3S. The van der Waals surface area contributed by atoms with Crippen molar-refractivity contribution in [1.82, 2.24) is 4.90 Å². The number of ether oxygens (including phenoxy) is 2. The van der Waals surface area contributed by atoms with Gasteiger partial charge in [0.1, 0.15) is 24.3 Å². The van der Waals surface area contributed by atoms with Crippen LogP contribution in [0.1, 0.15) is 36.4 Å². The lowest BCUT2D eigenvalue weighted by Crippen LogP contribution is -2.28. The van der Waals surface area contributed by atoms with E-state index in [2.05, 4.69) is 28.4 Å². The number of benzene rings is 1. The Kier molecular flexibility index (Phi) is 5.28. The third-order valence-corrected chi connectivity index (χ3v) is 5.81. The zero-order valence-electron chi connectivity index (χ0n) is 14.9. The highest BCUT2D eigenvalue weighted by Gasteiger charge is 2.27. The van der Waals surface area contributed by atoms with E-state index in [0.717, 1.165) is 30.9 Å². The highest BCUT2D eigenvalue weighted by molar-refractivity contribution is 7.14. The van der Waals surface area contributed by atoms with Gasteiger partial charge < -0.3 is 14.8 Å². The van der Waals surface area contributed by atoms with Gasteiger partial charge in [-0.15, -0.1) is 11.3 Å². The van der Waals surface area contributed by atoms with Gasteiger partial charge in [0, 0.05) is 19.0 Å². The van der Waals surface area contributed by atoms with E-state index in [1.165, 1.54) is 16.9 Å². The number of nitriles is 1. The first-order chi connectivity index (χ1) is 13.2. The maximum atomic E-state index is 12.3. The summed E-state index contributed by atoms with van der Waals surface area (Å²) in [4.78, 5) is 14.6. The van der Waals surface area contributed by atoms with Crippen LogP contribution in [0.25, 0.3) is 0 Å². The Morgan fingerprint density at radius 3 is 3.00 bits per heavy atom. The zero-order chi connectivity index (χ0) is 18.6. The highest BCUT2D eigenvalue weighted by atomic mass is 32.1. The molecule has 0 spiro atoms. The van der Waals surface area contributed by atoms with Gasteiger partial charge in [-0.2, -0.15) is 5.26 Å². The molecule has 1 saturated heterocycles. The van der Waals surface area contributed by atoms with Crippen molar-refractivity contribution in [3.05, 3.63) is 40.8 Å². The quantitative estimate of drug-likeness (QED) is 0.855. The number of likely N-dealkylation sites (tertiary alicyclic amines) is 1. The van der Waals surface area contributed by atoms with Gasteiger partial charge in [-0.1, -0.05) is 6.07 Å². The van der Waals surface area contributed by atoms with Crippen molar-refractivity contribution in [2.24, 2.45) is 0 Å². The zero-order valence-corrected chi connectivity index (χ0v) is 15.8. The average molecular weight is 383 g/mol. The fourth-order valence-corrected chi connectivity index (χ4v) is 4.42. The van der Waals surface area contributed by atoms with Crippen LogP contribution in [0.5, 0.6) is 11.5 Å². The molecule has 27 heavy (non-hydrogen) atoms. The van der Waals surface area contributed by atoms with Gasteiger partial charge in [0.15, 0.2) is 11.5 Å². The van der Waals surface area contributed by atoms with E-state index in [-0.39, 0.29) is 5.91 Å². The van der Waals surface area contributed by atoms with Crippen molar-refractivity contribution < 1.29 is 14.3 Å².